The van der Waals surface area contributed by atoms with Crippen LogP contribution in [0.5, 0.6) is 0 Å². The summed E-state index contributed by atoms with van der Waals surface area (Å²) in [5, 5.41) is 9.68. The molecule has 2 heteroatoms. The third-order valence-corrected chi connectivity index (χ3v) is 4.89. The molecule has 2 aliphatic carbocycles. The molecule has 0 amide bonds. The Hall–Kier alpha value is -0.790. The molecule has 1 N–H and O–H groups in total. The van der Waals surface area contributed by atoms with Gasteiger partial charge in [-0.15, -0.1) is 0 Å². The second-order valence-electron chi connectivity index (χ2n) is 6.59. The Kier molecular flexibility index (Phi) is 3.33. The van der Waals surface area contributed by atoms with Gasteiger partial charge in [-0.2, -0.15) is 0 Å². The van der Waals surface area contributed by atoms with E-state index in [1.54, 1.807) is 0 Å². The number of hydrogen-bond acceptors (Lipinski definition) is 1. The molecule has 2 aliphatic rings. The van der Waals surface area contributed by atoms with E-state index in [-0.39, 0.29) is 5.92 Å². The molecule has 0 heterocycles. The summed E-state index contributed by atoms with van der Waals surface area (Å²) in [6.45, 7) is 4.52. The van der Waals surface area contributed by atoms with Crippen molar-refractivity contribution in [2.24, 2.45) is 16.7 Å². The van der Waals surface area contributed by atoms with E-state index < -0.39 is 11.4 Å². The summed E-state index contributed by atoms with van der Waals surface area (Å²) in [6.07, 6.45) is 11.5. The zero-order valence-electron chi connectivity index (χ0n) is 11.0. The van der Waals surface area contributed by atoms with Crippen molar-refractivity contribution in [3.8, 4) is 0 Å². The molecule has 1 fully saturated rings. The summed E-state index contributed by atoms with van der Waals surface area (Å²) in [4.78, 5) is 11.8. The van der Waals surface area contributed by atoms with Crippen LogP contribution in [0.2, 0.25) is 0 Å². The molecule has 0 spiro atoms. The van der Waals surface area contributed by atoms with Crippen LogP contribution in [0.25, 0.3) is 0 Å². The topological polar surface area (TPSA) is 37.3 Å². The van der Waals surface area contributed by atoms with E-state index in [1.807, 2.05) is 0 Å². The van der Waals surface area contributed by atoms with Crippen molar-refractivity contribution in [2.75, 3.05) is 0 Å². The minimum atomic E-state index is -0.565. The number of aliphatic carboxylic acids is 1. The highest BCUT2D eigenvalue weighted by atomic mass is 16.4. The average molecular weight is 236 g/mol. The SMILES string of the molecule is CC1(C)CCC(C(=O)O)(C2C=CCCC2)CC1. The van der Waals surface area contributed by atoms with Gasteiger partial charge in [-0.05, 0) is 56.3 Å². The monoisotopic (exact) mass is 236 g/mol. The highest BCUT2D eigenvalue weighted by Gasteiger charge is 2.48. The number of carboxylic acids is 1. The van der Waals surface area contributed by atoms with Gasteiger partial charge in [0.25, 0.3) is 0 Å². The lowest BCUT2D eigenvalue weighted by molar-refractivity contribution is -0.156. The van der Waals surface area contributed by atoms with E-state index in [9.17, 15) is 9.90 Å². The van der Waals surface area contributed by atoms with Gasteiger partial charge in [0.15, 0.2) is 0 Å². The molecule has 1 atom stereocenters. The highest BCUT2D eigenvalue weighted by Crippen LogP contribution is 2.51. The van der Waals surface area contributed by atoms with Gasteiger partial charge >= 0.3 is 5.97 Å². The molecular formula is C15H24O2. The summed E-state index contributed by atoms with van der Waals surface area (Å²) < 4.78 is 0. The second-order valence-corrected chi connectivity index (χ2v) is 6.59. The first-order valence-corrected chi connectivity index (χ1v) is 6.86. The van der Waals surface area contributed by atoms with Crippen molar-refractivity contribution in [3.05, 3.63) is 12.2 Å². The van der Waals surface area contributed by atoms with Gasteiger partial charge in [0, 0.05) is 0 Å². The molecule has 0 aromatic rings. The van der Waals surface area contributed by atoms with Gasteiger partial charge in [-0.3, -0.25) is 4.79 Å². The van der Waals surface area contributed by atoms with Crippen LogP contribution < -0.4 is 0 Å². The smallest absolute Gasteiger partial charge is 0.310 e. The van der Waals surface area contributed by atoms with Gasteiger partial charge in [0.2, 0.25) is 0 Å². The van der Waals surface area contributed by atoms with Crippen molar-refractivity contribution in [1.82, 2.24) is 0 Å². The molecule has 1 unspecified atom stereocenters. The largest absolute Gasteiger partial charge is 0.481 e. The number of carboxylic acid groups (broad SMARTS) is 1. The quantitative estimate of drug-likeness (QED) is 0.735. The van der Waals surface area contributed by atoms with Crippen LogP contribution in [0, 0.1) is 16.7 Å². The summed E-state index contributed by atoms with van der Waals surface area (Å²) in [5.41, 5.74) is -0.135. The molecule has 17 heavy (non-hydrogen) atoms. The number of hydrogen-bond donors (Lipinski definition) is 1. The van der Waals surface area contributed by atoms with Crippen LogP contribution >= 0.6 is 0 Å². The first-order chi connectivity index (χ1) is 7.96. The Morgan fingerprint density at radius 2 is 1.88 bits per heavy atom. The van der Waals surface area contributed by atoms with Crippen molar-refractivity contribution >= 4 is 5.97 Å². The van der Waals surface area contributed by atoms with Gasteiger partial charge in [-0.25, -0.2) is 0 Å². The maximum Gasteiger partial charge on any atom is 0.310 e. The van der Waals surface area contributed by atoms with E-state index in [2.05, 4.69) is 26.0 Å². The minimum absolute atomic E-state index is 0.268. The van der Waals surface area contributed by atoms with Crippen LogP contribution in [-0.4, -0.2) is 11.1 Å². The Bertz CT molecular complexity index is 318. The third-order valence-electron chi connectivity index (χ3n) is 4.89. The fraction of sp³-hybridized carbons (Fsp3) is 0.800. The van der Waals surface area contributed by atoms with Crippen LogP contribution in [-0.2, 0) is 4.79 Å². The number of carbonyl (C=O) groups is 1. The lowest BCUT2D eigenvalue weighted by Crippen LogP contribution is -2.43. The van der Waals surface area contributed by atoms with Crippen molar-refractivity contribution < 1.29 is 9.90 Å². The summed E-state index contributed by atoms with van der Waals surface area (Å²) in [7, 11) is 0. The third kappa shape index (κ3) is 2.41. The number of allylic oxidation sites excluding steroid dienone is 2. The molecule has 2 nitrogen and oxygen atoms in total. The fourth-order valence-electron chi connectivity index (χ4n) is 3.39. The molecule has 96 valence electrons. The van der Waals surface area contributed by atoms with E-state index in [1.165, 1.54) is 0 Å². The minimum Gasteiger partial charge on any atom is -0.481 e. The molecule has 0 aromatic heterocycles. The van der Waals surface area contributed by atoms with Gasteiger partial charge in [0.1, 0.15) is 0 Å². The van der Waals surface area contributed by atoms with E-state index in [4.69, 9.17) is 0 Å². The van der Waals surface area contributed by atoms with Crippen molar-refractivity contribution in [2.45, 2.75) is 58.8 Å². The first-order valence-electron chi connectivity index (χ1n) is 6.86. The van der Waals surface area contributed by atoms with Crippen LogP contribution in [0.15, 0.2) is 12.2 Å². The van der Waals surface area contributed by atoms with E-state index >= 15 is 0 Å². The van der Waals surface area contributed by atoms with Crippen LogP contribution in [0.1, 0.15) is 58.8 Å². The molecule has 2 rings (SSSR count). The van der Waals surface area contributed by atoms with Crippen LogP contribution in [0.4, 0.5) is 0 Å². The average Bonchev–Trinajstić information content (AvgIpc) is 2.30. The molecule has 0 aliphatic heterocycles. The van der Waals surface area contributed by atoms with Crippen molar-refractivity contribution in [3.63, 3.8) is 0 Å². The molecule has 1 saturated carbocycles. The van der Waals surface area contributed by atoms with Gasteiger partial charge in [0.05, 0.1) is 5.41 Å². The second kappa shape index (κ2) is 4.47. The lowest BCUT2D eigenvalue weighted by atomic mass is 9.58. The van der Waals surface area contributed by atoms with Crippen molar-refractivity contribution in [1.29, 1.82) is 0 Å². The highest BCUT2D eigenvalue weighted by molar-refractivity contribution is 5.75. The maximum absolute atomic E-state index is 11.8. The maximum atomic E-state index is 11.8. The molecule has 0 radical (unpaired) electrons. The molecule has 0 aromatic carbocycles. The summed E-state index contributed by atoms with van der Waals surface area (Å²) >= 11 is 0. The molecular weight excluding hydrogens is 212 g/mol. The first kappa shape index (κ1) is 12.7. The summed E-state index contributed by atoms with van der Waals surface area (Å²) in [5.74, 6) is -0.297. The predicted octanol–water partition coefficient (Wildman–Crippen LogP) is 4.01. The normalized spacial score (nSPS) is 31.1. The standard InChI is InChI=1S/C15H24O2/c1-14(2)8-10-15(11-9-14,13(16)17)12-6-4-3-5-7-12/h4,6,12H,3,5,7-11H2,1-2H3,(H,16,17). The van der Waals surface area contributed by atoms with Crippen LogP contribution in [0.3, 0.4) is 0 Å². The Balaban J connectivity index is 2.19. The number of rotatable bonds is 2. The Labute approximate surface area is 104 Å². The Morgan fingerprint density at radius 3 is 2.35 bits per heavy atom. The fourth-order valence-corrected chi connectivity index (χ4v) is 3.39. The zero-order valence-corrected chi connectivity index (χ0v) is 11.0. The summed E-state index contributed by atoms with van der Waals surface area (Å²) in [6, 6.07) is 0. The molecule has 0 saturated heterocycles. The predicted molar refractivity (Wildman–Crippen MR) is 68.8 cm³/mol. The van der Waals surface area contributed by atoms with Gasteiger partial charge in [-0.1, -0.05) is 26.0 Å². The Morgan fingerprint density at radius 1 is 1.24 bits per heavy atom. The van der Waals surface area contributed by atoms with E-state index in [0.717, 1.165) is 44.9 Å². The van der Waals surface area contributed by atoms with E-state index in [0.29, 0.717) is 5.41 Å². The zero-order chi connectivity index (χ0) is 12.5. The molecule has 0 bridgehead atoms. The lowest BCUT2D eigenvalue weighted by Gasteiger charge is -2.45. The van der Waals surface area contributed by atoms with Gasteiger partial charge < -0.3 is 5.11 Å².